The van der Waals surface area contributed by atoms with Crippen molar-refractivity contribution >= 4 is 5.97 Å². The van der Waals surface area contributed by atoms with E-state index < -0.39 is 5.97 Å². The standard InChI is InChI=1S/C11H12N4O2/c1-7-12-8(2)15(14-7)6-9-4-3-5-10(13-9)11(16)17/h3-5H,6H2,1-2H3,(H,16,17). The smallest absolute Gasteiger partial charge is 0.354 e. The maximum absolute atomic E-state index is 10.8. The van der Waals surface area contributed by atoms with E-state index in [9.17, 15) is 4.79 Å². The minimum Gasteiger partial charge on any atom is -0.477 e. The van der Waals surface area contributed by atoms with Gasteiger partial charge in [0.15, 0.2) is 0 Å². The van der Waals surface area contributed by atoms with Crippen LogP contribution in [0, 0.1) is 13.8 Å². The molecule has 0 bridgehead atoms. The van der Waals surface area contributed by atoms with Crippen LogP contribution < -0.4 is 0 Å². The largest absolute Gasteiger partial charge is 0.477 e. The van der Waals surface area contributed by atoms with Crippen LogP contribution in [0.2, 0.25) is 0 Å². The molecule has 88 valence electrons. The number of pyridine rings is 1. The second kappa shape index (κ2) is 4.32. The van der Waals surface area contributed by atoms with Gasteiger partial charge in [-0.25, -0.2) is 19.4 Å². The highest BCUT2D eigenvalue weighted by Crippen LogP contribution is 2.04. The zero-order valence-electron chi connectivity index (χ0n) is 9.58. The third-order valence-corrected chi connectivity index (χ3v) is 2.30. The molecule has 0 unspecified atom stereocenters. The summed E-state index contributed by atoms with van der Waals surface area (Å²) in [6, 6.07) is 4.90. The van der Waals surface area contributed by atoms with Gasteiger partial charge in [0.05, 0.1) is 12.2 Å². The maximum Gasteiger partial charge on any atom is 0.354 e. The zero-order chi connectivity index (χ0) is 12.4. The molecule has 6 nitrogen and oxygen atoms in total. The maximum atomic E-state index is 10.8. The summed E-state index contributed by atoms with van der Waals surface area (Å²) in [5, 5.41) is 13.0. The topological polar surface area (TPSA) is 80.9 Å². The summed E-state index contributed by atoms with van der Waals surface area (Å²) in [5.74, 6) is 0.445. The highest BCUT2D eigenvalue weighted by atomic mass is 16.4. The Morgan fingerprint density at radius 1 is 1.35 bits per heavy atom. The number of hydrogen-bond donors (Lipinski definition) is 1. The summed E-state index contributed by atoms with van der Waals surface area (Å²) in [6.07, 6.45) is 0. The molecule has 0 saturated carbocycles. The fraction of sp³-hybridized carbons (Fsp3) is 0.273. The summed E-state index contributed by atoms with van der Waals surface area (Å²) >= 11 is 0. The van der Waals surface area contributed by atoms with E-state index in [1.165, 1.54) is 6.07 Å². The van der Waals surface area contributed by atoms with Gasteiger partial charge in [-0.2, -0.15) is 5.10 Å². The van der Waals surface area contributed by atoms with Crippen LogP contribution in [0.5, 0.6) is 0 Å². The van der Waals surface area contributed by atoms with Crippen molar-refractivity contribution in [3.05, 3.63) is 41.2 Å². The Bertz CT molecular complexity index is 562. The van der Waals surface area contributed by atoms with Gasteiger partial charge in [-0.15, -0.1) is 0 Å². The molecular formula is C11H12N4O2. The van der Waals surface area contributed by atoms with Gasteiger partial charge in [0.1, 0.15) is 17.3 Å². The van der Waals surface area contributed by atoms with E-state index >= 15 is 0 Å². The summed E-state index contributed by atoms with van der Waals surface area (Å²) < 4.78 is 1.70. The summed E-state index contributed by atoms with van der Waals surface area (Å²) in [6.45, 7) is 4.08. The van der Waals surface area contributed by atoms with Crippen molar-refractivity contribution in [2.75, 3.05) is 0 Å². The van der Waals surface area contributed by atoms with E-state index in [0.717, 1.165) is 5.82 Å². The van der Waals surface area contributed by atoms with Crippen molar-refractivity contribution in [2.45, 2.75) is 20.4 Å². The van der Waals surface area contributed by atoms with Crippen molar-refractivity contribution in [2.24, 2.45) is 0 Å². The molecule has 2 rings (SSSR count). The average molecular weight is 232 g/mol. The Balaban J connectivity index is 2.27. The number of carboxylic acids is 1. The molecule has 2 aromatic heterocycles. The Hall–Kier alpha value is -2.24. The van der Waals surface area contributed by atoms with Gasteiger partial charge in [-0.3, -0.25) is 0 Å². The van der Waals surface area contributed by atoms with E-state index in [4.69, 9.17) is 5.11 Å². The normalized spacial score (nSPS) is 10.5. The lowest BCUT2D eigenvalue weighted by molar-refractivity contribution is 0.0690. The zero-order valence-corrected chi connectivity index (χ0v) is 9.58. The summed E-state index contributed by atoms with van der Waals surface area (Å²) in [7, 11) is 0. The number of aromatic nitrogens is 4. The predicted molar refractivity (Wildman–Crippen MR) is 59.8 cm³/mol. The molecule has 0 radical (unpaired) electrons. The molecule has 0 aromatic carbocycles. The van der Waals surface area contributed by atoms with Gasteiger partial charge in [0.25, 0.3) is 0 Å². The summed E-state index contributed by atoms with van der Waals surface area (Å²) in [4.78, 5) is 19.0. The average Bonchev–Trinajstić information content (AvgIpc) is 2.58. The molecule has 0 aliphatic heterocycles. The number of aryl methyl sites for hydroxylation is 2. The molecule has 0 fully saturated rings. The monoisotopic (exact) mass is 232 g/mol. The molecular weight excluding hydrogens is 220 g/mol. The van der Waals surface area contributed by atoms with E-state index in [-0.39, 0.29) is 5.69 Å². The molecule has 0 atom stereocenters. The van der Waals surface area contributed by atoms with Crippen LogP contribution >= 0.6 is 0 Å². The molecule has 0 amide bonds. The first-order valence-electron chi connectivity index (χ1n) is 5.13. The lowest BCUT2D eigenvalue weighted by Gasteiger charge is -2.03. The van der Waals surface area contributed by atoms with Gasteiger partial charge >= 0.3 is 5.97 Å². The number of nitrogens with zero attached hydrogens (tertiary/aromatic N) is 4. The second-order valence-corrected chi connectivity index (χ2v) is 3.68. The molecule has 6 heteroatoms. The van der Waals surface area contributed by atoms with Gasteiger partial charge in [0.2, 0.25) is 0 Å². The van der Waals surface area contributed by atoms with E-state index in [0.29, 0.717) is 18.1 Å². The van der Waals surface area contributed by atoms with E-state index in [1.807, 2.05) is 13.8 Å². The predicted octanol–water partition coefficient (Wildman–Crippen LogP) is 1.04. The SMILES string of the molecule is Cc1nc(C)n(Cc2cccc(C(=O)O)n2)n1. The van der Waals surface area contributed by atoms with Gasteiger partial charge in [-0.1, -0.05) is 6.07 Å². The van der Waals surface area contributed by atoms with Crippen molar-refractivity contribution in [1.82, 2.24) is 19.7 Å². The fourth-order valence-electron chi connectivity index (χ4n) is 1.55. The number of rotatable bonds is 3. The number of hydrogen-bond acceptors (Lipinski definition) is 4. The van der Waals surface area contributed by atoms with E-state index in [2.05, 4.69) is 15.1 Å². The number of carboxylic acid groups (broad SMARTS) is 1. The van der Waals surface area contributed by atoms with Crippen molar-refractivity contribution in [3.8, 4) is 0 Å². The number of aromatic carboxylic acids is 1. The van der Waals surface area contributed by atoms with Crippen LogP contribution in [0.3, 0.4) is 0 Å². The Labute approximate surface area is 98.0 Å². The van der Waals surface area contributed by atoms with Crippen LogP contribution in [0.1, 0.15) is 27.8 Å². The minimum absolute atomic E-state index is 0.0389. The van der Waals surface area contributed by atoms with Crippen LogP contribution in [0.4, 0.5) is 0 Å². The third kappa shape index (κ3) is 2.47. The second-order valence-electron chi connectivity index (χ2n) is 3.68. The van der Waals surface area contributed by atoms with Crippen molar-refractivity contribution in [3.63, 3.8) is 0 Å². The lowest BCUT2D eigenvalue weighted by atomic mass is 10.3. The fourth-order valence-corrected chi connectivity index (χ4v) is 1.55. The molecule has 0 spiro atoms. The molecule has 1 N–H and O–H groups in total. The van der Waals surface area contributed by atoms with Crippen LogP contribution in [-0.2, 0) is 6.54 Å². The molecule has 0 aliphatic carbocycles. The Kier molecular flexibility index (Phi) is 2.86. The quantitative estimate of drug-likeness (QED) is 0.855. The first-order valence-corrected chi connectivity index (χ1v) is 5.13. The molecule has 2 aromatic rings. The Morgan fingerprint density at radius 2 is 2.12 bits per heavy atom. The van der Waals surface area contributed by atoms with Crippen molar-refractivity contribution in [1.29, 1.82) is 0 Å². The number of carbonyl (C=O) groups is 1. The lowest BCUT2D eigenvalue weighted by Crippen LogP contribution is -2.08. The minimum atomic E-state index is -1.03. The first-order chi connectivity index (χ1) is 8.06. The molecule has 17 heavy (non-hydrogen) atoms. The highest BCUT2D eigenvalue weighted by Gasteiger charge is 2.07. The Morgan fingerprint density at radius 3 is 2.71 bits per heavy atom. The van der Waals surface area contributed by atoms with Crippen LogP contribution in [0.25, 0.3) is 0 Å². The van der Waals surface area contributed by atoms with Gasteiger partial charge in [0, 0.05) is 0 Å². The highest BCUT2D eigenvalue weighted by molar-refractivity contribution is 5.85. The van der Waals surface area contributed by atoms with Gasteiger partial charge < -0.3 is 5.11 Å². The van der Waals surface area contributed by atoms with Crippen LogP contribution in [0.15, 0.2) is 18.2 Å². The molecule has 0 aliphatic rings. The summed E-state index contributed by atoms with van der Waals surface area (Å²) in [5.41, 5.74) is 0.690. The van der Waals surface area contributed by atoms with Crippen molar-refractivity contribution < 1.29 is 9.90 Å². The van der Waals surface area contributed by atoms with Gasteiger partial charge in [-0.05, 0) is 26.0 Å². The first kappa shape index (κ1) is 11.3. The molecule has 0 saturated heterocycles. The van der Waals surface area contributed by atoms with E-state index in [1.54, 1.807) is 16.8 Å². The van der Waals surface area contributed by atoms with Crippen LogP contribution in [-0.4, -0.2) is 30.8 Å². The molecule has 2 heterocycles. The third-order valence-electron chi connectivity index (χ3n) is 2.30.